The van der Waals surface area contributed by atoms with Gasteiger partial charge in [-0.15, -0.1) is 0 Å². The predicted molar refractivity (Wildman–Crippen MR) is 112 cm³/mol. The average Bonchev–Trinajstić information content (AvgIpc) is 2.69. The molecule has 160 valence electrons. The monoisotopic (exact) mass is 413 g/mol. The van der Waals surface area contributed by atoms with E-state index >= 15 is 0 Å². The third-order valence-electron chi connectivity index (χ3n) is 4.71. The van der Waals surface area contributed by atoms with E-state index in [1.54, 1.807) is 18.0 Å². The van der Waals surface area contributed by atoms with Crippen LogP contribution < -0.4 is 10.9 Å². The Bertz CT molecular complexity index is 992. The summed E-state index contributed by atoms with van der Waals surface area (Å²) in [6, 6.07) is 10.9. The Kier molecular flexibility index (Phi) is 6.14. The minimum atomic E-state index is -0.712. The lowest BCUT2D eigenvalue weighted by atomic mass is 10.0. The molecule has 0 saturated carbocycles. The maximum absolute atomic E-state index is 12.6. The fourth-order valence-corrected chi connectivity index (χ4v) is 3.27. The molecule has 0 bridgehead atoms. The Labute approximate surface area is 175 Å². The minimum absolute atomic E-state index is 0.102. The molecular formula is C22H27N3O5. The van der Waals surface area contributed by atoms with Crippen molar-refractivity contribution in [2.45, 2.75) is 45.9 Å². The number of anilines is 1. The van der Waals surface area contributed by atoms with E-state index in [4.69, 9.17) is 9.47 Å². The Morgan fingerprint density at radius 2 is 1.87 bits per heavy atom. The van der Waals surface area contributed by atoms with Crippen LogP contribution in [0.2, 0.25) is 0 Å². The van der Waals surface area contributed by atoms with Gasteiger partial charge in [0.05, 0.1) is 6.54 Å². The third kappa shape index (κ3) is 5.20. The molecule has 0 radical (unpaired) electrons. The molecule has 1 aromatic heterocycles. The van der Waals surface area contributed by atoms with Crippen LogP contribution in [0.3, 0.4) is 0 Å². The maximum atomic E-state index is 12.6. The molecule has 1 aliphatic heterocycles. The molecule has 30 heavy (non-hydrogen) atoms. The number of hydrogen-bond donors (Lipinski definition) is 1. The summed E-state index contributed by atoms with van der Waals surface area (Å²) in [5, 5.41) is 2.52. The van der Waals surface area contributed by atoms with Crippen molar-refractivity contribution in [3.8, 4) is 0 Å². The zero-order valence-corrected chi connectivity index (χ0v) is 17.7. The van der Waals surface area contributed by atoms with Gasteiger partial charge in [0.2, 0.25) is 0 Å². The third-order valence-corrected chi connectivity index (χ3v) is 4.71. The zero-order valence-electron chi connectivity index (χ0n) is 17.7. The van der Waals surface area contributed by atoms with Gasteiger partial charge in [0, 0.05) is 25.7 Å². The van der Waals surface area contributed by atoms with Crippen molar-refractivity contribution in [3.63, 3.8) is 0 Å². The molecule has 0 fully saturated rings. The maximum Gasteiger partial charge on any atom is 0.412 e. The quantitative estimate of drug-likeness (QED) is 0.833. The van der Waals surface area contributed by atoms with Crippen molar-refractivity contribution in [2.75, 3.05) is 11.9 Å². The van der Waals surface area contributed by atoms with Gasteiger partial charge >= 0.3 is 12.2 Å². The Morgan fingerprint density at radius 1 is 1.17 bits per heavy atom. The van der Waals surface area contributed by atoms with E-state index in [2.05, 4.69) is 5.32 Å². The second kappa shape index (κ2) is 8.61. The molecule has 2 heterocycles. The normalized spacial score (nSPS) is 13.4. The molecule has 0 saturated heterocycles. The summed E-state index contributed by atoms with van der Waals surface area (Å²) in [7, 11) is 1.66. The number of carbonyl (C=O) groups is 2. The minimum Gasteiger partial charge on any atom is -0.444 e. The largest absolute Gasteiger partial charge is 0.444 e. The van der Waals surface area contributed by atoms with Crippen LogP contribution in [0.1, 0.15) is 37.6 Å². The second-order valence-electron chi connectivity index (χ2n) is 8.23. The van der Waals surface area contributed by atoms with Crippen LogP contribution in [0, 0.1) is 0 Å². The smallest absolute Gasteiger partial charge is 0.412 e. The SMILES string of the molecule is Cn1c2c(cc(NC(=O)OCc3ccccc3)c1=O)CN(C(=O)OC(C)(C)C)CC2. The van der Waals surface area contributed by atoms with Crippen molar-refractivity contribution < 1.29 is 19.1 Å². The van der Waals surface area contributed by atoms with Gasteiger partial charge in [-0.2, -0.15) is 0 Å². The first-order valence-corrected chi connectivity index (χ1v) is 9.81. The molecule has 8 nitrogen and oxygen atoms in total. The van der Waals surface area contributed by atoms with Gasteiger partial charge in [0.15, 0.2) is 0 Å². The zero-order chi connectivity index (χ0) is 21.9. The van der Waals surface area contributed by atoms with Crippen LogP contribution in [0.15, 0.2) is 41.2 Å². The first-order valence-electron chi connectivity index (χ1n) is 9.81. The number of nitrogens with one attached hydrogen (secondary N) is 1. The van der Waals surface area contributed by atoms with Crippen LogP contribution in [-0.2, 0) is 36.1 Å². The molecule has 2 amide bonds. The lowest BCUT2D eigenvalue weighted by Crippen LogP contribution is -2.42. The first kappa shape index (κ1) is 21.4. The number of amides is 2. The number of benzene rings is 1. The highest BCUT2D eigenvalue weighted by atomic mass is 16.6. The second-order valence-corrected chi connectivity index (χ2v) is 8.23. The van der Waals surface area contributed by atoms with Gasteiger partial charge in [-0.05, 0) is 38.0 Å². The van der Waals surface area contributed by atoms with Crippen LogP contribution in [0.5, 0.6) is 0 Å². The molecule has 1 aliphatic rings. The van der Waals surface area contributed by atoms with E-state index in [-0.39, 0.29) is 17.9 Å². The van der Waals surface area contributed by atoms with Crippen molar-refractivity contribution >= 4 is 17.9 Å². The lowest BCUT2D eigenvalue weighted by molar-refractivity contribution is 0.0221. The van der Waals surface area contributed by atoms with Crippen molar-refractivity contribution in [2.24, 2.45) is 7.05 Å². The number of aromatic nitrogens is 1. The number of hydrogen-bond acceptors (Lipinski definition) is 5. The Balaban J connectivity index is 1.72. The summed E-state index contributed by atoms with van der Waals surface area (Å²) in [5.41, 5.74) is 1.67. The van der Waals surface area contributed by atoms with Gasteiger partial charge in [-0.1, -0.05) is 30.3 Å². The number of ether oxygens (including phenoxy) is 2. The number of nitrogens with zero attached hydrogens (tertiary/aromatic N) is 2. The molecule has 2 aromatic rings. The van der Waals surface area contributed by atoms with E-state index in [0.717, 1.165) is 16.8 Å². The highest BCUT2D eigenvalue weighted by Gasteiger charge is 2.27. The summed E-state index contributed by atoms with van der Waals surface area (Å²) < 4.78 is 12.2. The predicted octanol–water partition coefficient (Wildman–Crippen LogP) is 3.43. The summed E-state index contributed by atoms with van der Waals surface area (Å²) in [4.78, 5) is 38.8. The fourth-order valence-electron chi connectivity index (χ4n) is 3.27. The summed E-state index contributed by atoms with van der Waals surface area (Å²) in [6.07, 6.45) is -0.589. The van der Waals surface area contributed by atoms with Gasteiger partial charge in [-0.3, -0.25) is 10.1 Å². The van der Waals surface area contributed by atoms with Crippen molar-refractivity contribution in [1.82, 2.24) is 9.47 Å². The van der Waals surface area contributed by atoms with Crippen LogP contribution >= 0.6 is 0 Å². The number of rotatable bonds is 3. The molecule has 8 heteroatoms. The number of carbonyl (C=O) groups excluding carboxylic acids is 2. The topological polar surface area (TPSA) is 89.9 Å². The number of pyridine rings is 1. The Hall–Kier alpha value is -3.29. The van der Waals surface area contributed by atoms with E-state index in [1.165, 1.54) is 4.57 Å². The number of fused-ring (bicyclic) bond motifs is 1. The molecule has 0 spiro atoms. The molecule has 0 unspecified atom stereocenters. The lowest BCUT2D eigenvalue weighted by Gasteiger charge is -2.32. The van der Waals surface area contributed by atoms with Crippen molar-refractivity contribution in [1.29, 1.82) is 0 Å². The van der Waals surface area contributed by atoms with E-state index in [9.17, 15) is 14.4 Å². The van der Waals surface area contributed by atoms with Crippen LogP contribution in [0.4, 0.5) is 15.3 Å². The summed E-state index contributed by atoms with van der Waals surface area (Å²) >= 11 is 0. The van der Waals surface area contributed by atoms with Gasteiger partial charge in [0.25, 0.3) is 5.56 Å². The van der Waals surface area contributed by atoms with E-state index < -0.39 is 17.8 Å². The first-order chi connectivity index (χ1) is 14.1. The molecule has 0 atom stereocenters. The van der Waals surface area contributed by atoms with Crippen LogP contribution in [-0.4, -0.2) is 33.8 Å². The fraction of sp³-hybridized carbons (Fsp3) is 0.409. The highest BCUT2D eigenvalue weighted by molar-refractivity contribution is 5.84. The summed E-state index contributed by atoms with van der Waals surface area (Å²) in [6.45, 7) is 6.30. The molecular weight excluding hydrogens is 386 g/mol. The molecule has 0 aliphatic carbocycles. The van der Waals surface area contributed by atoms with E-state index in [0.29, 0.717) is 19.5 Å². The summed E-state index contributed by atoms with van der Waals surface area (Å²) in [5.74, 6) is 0. The molecule has 3 rings (SSSR count). The van der Waals surface area contributed by atoms with Gasteiger partial charge in [0.1, 0.15) is 17.9 Å². The standard InChI is InChI=1S/C22H27N3O5/c1-22(2,3)30-21(28)25-11-10-18-16(13-25)12-17(19(26)24(18)4)23-20(27)29-14-15-8-6-5-7-9-15/h5-9,12H,10-11,13-14H2,1-4H3,(H,23,27). The van der Waals surface area contributed by atoms with Crippen molar-refractivity contribution in [3.05, 3.63) is 63.6 Å². The van der Waals surface area contributed by atoms with Gasteiger partial charge < -0.3 is 18.9 Å². The van der Waals surface area contributed by atoms with Gasteiger partial charge in [-0.25, -0.2) is 9.59 Å². The average molecular weight is 413 g/mol. The van der Waals surface area contributed by atoms with E-state index in [1.807, 2.05) is 51.1 Å². The van der Waals surface area contributed by atoms with Crippen LogP contribution in [0.25, 0.3) is 0 Å². The highest BCUT2D eigenvalue weighted by Crippen LogP contribution is 2.22. The Morgan fingerprint density at radius 3 is 2.53 bits per heavy atom. The molecule has 1 aromatic carbocycles. The molecule has 1 N–H and O–H groups in total.